The fourth-order valence-electron chi connectivity index (χ4n) is 3.10. The Morgan fingerprint density at radius 3 is 2.73 bits per heavy atom. The molecule has 7 nitrogen and oxygen atoms in total. The topological polar surface area (TPSA) is 87.8 Å². The molecule has 2 aromatic rings. The quantitative estimate of drug-likeness (QED) is 0.488. The van der Waals surface area contributed by atoms with Crippen LogP contribution in [0.15, 0.2) is 40.8 Å². The van der Waals surface area contributed by atoms with Gasteiger partial charge in [-0.1, -0.05) is 24.4 Å². The van der Waals surface area contributed by atoms with Gasteiger partial charge < -0.3 is 14.2 Å². The number of nitriles is 1. The maximum atomic E-state index is 11.2. The van der Waals surface area contributed by atoms with Gasteiger partial charge in [-0.05, 0) is 18.2 Å². The summed E-state index contributed by atoms with van der Waals surface area (Å²) in [5.74, 6) is 0.988. The van der Waals surface area contributed by atoms with E-state index in [1.807, 2.05) is 0 Å². The summed E-state index contributed by atoms with van der Waals surface area (Å²) in [7, 11) is 0. The van der Waals surface area contributed by atoms with Gasteiger partial charge in [0.25, 0.3) is 5.69 Å². The van der Waals surface area contributed by atoms with Crippen LogP contribution in [0.1, 0.15) is 12.2 Å². The Bertz CT molecular complexity index is 850. The second-order valence-corrected chi connectivity index (χ2v) is 6.53. The maximum absolute atomic E-state index is 11.2. The van der Waals surface area contributed by atoms with Gasteiger partial charge >= 0.3 is 0 Å². The molecular weight excluding hydrogens is 352 g/mol. The van der Waals surface area contributed by atoms with Crippen LogP contribution >= 0.6 is 12.2 Å². The molecule has 2 heterocycles. The Balaban J connectivity index is 1.70. The molecule has 1 saturated heterocycles. The van der Waals surface area contributed by atoms with Gasteiger partial charge in [0.05, 0.1) is 55.7 Å². The summed E-state index contributed by atoms with van der Waals surface area (Å²) in [5.41, 5.74) is 0.450. The smallest absolute Gasteiger partial charge is 0.280 e. The third kappa shape index (κ3) is 3.90. The lowest BCUT2D eigenvalue weighted by Crippen LogP contribution is -3.14. The fourth-order valence-corrected chi connectivity index (χ4v) is 3.40. The van der Waals surface area contributed by atoms with E-state index in [1.165, 1.54) is 11.0 Å². The minimum atomic E-state index is -0.418. The summed E-state index contributed by atoms with van der Waals surface area (Å²) >= 11 is 5.55. The summed E-state index contributed by atoms with van der Waals surface area (Å²) in [5, 5.41) is 19.9. The van der Waals surface area contributed by atoms with Crippen molar-refractivity contribution in [1.29, 1.82) is 5.26 Å². The van der Waals surface area contributed by atoms with Crippen molar-refractivity contribution in [3.63, 3.8) is 0 Å². The lowest BCUT2D eigenvalue weighted by Gasteiger charge is -2.32. The molecule has 0 atom stereocenters. The average molecular weight is 371 g/mol. The lowest BCUT2D eigenvalue weighted by atomic mass is 10.1. The number of nitro benzene ring substituents is 1. The third-order valence-corrected chi connectivity index (χ3v) is 4.99. The first-order chi connectivity index (χ1) is 12.6. The van der Waals surface area contributed by atoms with E-state index in [2.05, 4.69) is 11.0 Å². The Morgan fingerprint density at radius 1 is 1.31 bits per heavy atom. The molecule has 1 aromatic carbocycles. The minimum Gasteiger partial charge on any atom is -0.453 e. The molecule has 0 aliphatic carbocycles. The van der Waals surface area contributed by atoms with Crippen molar-refractivity contribution >= 4 is 22.9 Å². The van der Waals surface area contributed by atoms with Crippen LogP contribution in [0.5, 0.6) is 0 Å². The van der Waals surface area contributed by atoms with Gasteiger partial charge in [-0.3, -0.25) is 10.1 Å². The van der Waals surface area contributed by atoms with E-state index in [4.69, 9.17) is 21.9 Å². The number of para-hydroxylation sites is 1. The predicted octanol–water partition coefficient (Wildman–Crippen LogP) is 1.64. The Morgan fingerprint density at radius 2 is 2.04 bits per heavy atom. The highest BCUT2D eigenvalue weighted by Gasteiger charge is 2.24. The van der Waals surface area contributed by atoms with E-state index in [0.717, 1.165) is 32.7 Å². The number of furan rings is 1. The predicted molar refractivity (Wildman–Crippen MR) is 99.9 cm³/mol. The zero-order valence-corrected chi connectivity index (χ0v) is 15.0. The number of hydrogen-bond acceptors (Lipinski definition) is 5. The number of hydrogen-bond donors (Lipinski definition) is 1. The van der Waals surface area contributed by atoms with Gasteiger partial charge in [0.2, 0.25) is 0 Å². The number of piperazine rings is 1. The van der Waals surface area contributed by atoms with Gasteiger partial charge in [-0.15, -0.1) is 0 Å². The van der Waals surface area contributed by atoms with Crippen LogP contribution in [0.2, 0.25) is 0 Å². The van der Waals surface area contributed by atoms with Crippen LogP contribution < -0.4 is 4.90 Å². The molecule has 1 fully saturated rings. The summed E-state index contributed by atoms with van der Waals surface area (Å²) in [6, 6.07) is 12.2. The number of nitro groups is 1. The molecule has 1 N–H and O–H groups in total. The zero-order valence-electron chi connectivity index (χ0n) is 14.2. The SMILES string of the molecule is N#CCC[NH+]1CCN(C(=S)c2ccc(-c3ccccc3[N+](=O)[O-])o2)CC1. The molecule has 0 amide bonds. The first kappa shape index (κ1) is 18.0. The number of nitrogens with one attached hydrogen (secondary N) is 1. The Hall–Kier alpha value is -2.76. The molecule has 1 aliphatic heterocycles. The highest BCUT2D eigenvalue weighted by atomic mass is 32.1. The maximum Gasteiger partial charge on any atom is 0.280 e. The Kier molecular flexibility index (Phi) is 5.61. The van der Waals surface area contributed by atoms with Gasteiger partial charge in [0, 0.05) is 6.07 Å². The molecule has 0 spiro atoms. The van der Waals surface area contributed by atoms with Gasteiger partial charge in [0.1, 0.15) is 10.7 Å². The Labute approximate surface area is 156 Å². The third-order valence-electron chi connectivity index (χ3n) is 4.53. The zero-order chi connectivity index (χ0) is 18.5. The molecule has 1 aliphatic rings. The summed E-state index contributed by atoms with van der Waals surface area (Å²) < 4.78 is 5.83. The number of quaternary nitrogens is 1. The average Bonchev–Trinajstić information content (AvgIpc) is 3.16. The van der Waals surface area contributed by atoms with E-state index in [1.54, 1.807) is 30.3 Å². The van der Waals surface area contributed by atoms with E-state index >= 15 is 0 Å². The first-order valence-corrected chi connectivity index (χ1v) is 8.84. The largest absolute Gasteiger partial charge is 0.453 e. The second-order valence-electron chi connectivity index (χ2n) is 6.14. The van der Waals surface area contributed by atoms with Crippen molar-refractivity contribution in [2.75, 3.05) is 32.7 Å². The second kappa shape index (κ2) is 8.08. The molecule has 0 saturated carbocycles. The van der Waals surface area contributed by atoms with Crippen molar-refractivity contribution in [2.45, 2.75) is 6.42 Å². The first-order valence-electron chi connectivity index (χ1n) is 8.43. The van der Waals surface area contributed by atoms with Crippen LogP contribution in [-0.4, -0.2) is 47.5 Å². The minimum absolute atomic E-state index is 0.00836. The molecule has 8 heteroatoms. The summed E-state index contributed by atoms with van der Waals surface area (Å²) in [4.78, 5) is 14.9. The molecule has 134 valence electrons. The van der Waals surface area contributed by atoms with E-state index < -0.39 is 4.92 Å². The van der Waals surface area contributed by atoms with Crippen LogP contribution in [0, 0.1) is 21.4 Å². The van der Waals surface area contributed by atoms with Gasteiger partial charge in [-0.25, -0.2) is 0 Å². The van der Waals surface area contributed by atoms with E-state index in [-0.39, 0.29) is 5.69 Å². The molecule has 3 rings (SSSR count). The van der Waals surface area contributed by atoms with E-state index in [9.17, 15) is 10.1 Å². The van der Waals surface area contributed by atoms with Crippen LogP contribution in [0.3, 0.4) is 0 Å². The molecule has 0 bridgehead atoms. The molecular formula is C18H19N4O3S+. The van der Waals surface area contributed by atoms with Crippen molar-refractivity contribution < 1.29 is 14.2 Å². The monoisotopic (exact) mass is 371 g/mol. The number of benzene rings is 1. The number of thiocarbonyl (C=S) groups is 1. The molecule has 0 unspecified atom stereocenters. The lowest BCUT2D eigenvalue weighted by molar-refractivity contribution is -0.903. The van der Waals surface area contributed by atoms with Crippen molar-refractivity contribution in [3.8, 4) is 17.4 Å². The summed E-state index contributed by atoms with van der Waals surface area (Å²) in [6.45, 7) is 4.33. The van der Waals surface area contributed by atoms with E-state index in [0.29, 0.717) is 28.5 Å². The number of rotatable bonds is 5. The summed E-state index contributed by atoms with van der Waals surface area (Å²) in [6.07, 6.45) is 0.567. The highest BCUT2D eigenvalue weighted by Crippen LogP contribution is 2.31. The normalized spacial score (nSPS) is 14.8. The molecule has 1 aromatic heterocycles. The van der Waals surface area contributed by atoms with Crippen LogP contribution in [0.25, 0.3) is 11.3 Å². The van der Waals surface area contributed by atoms with Gasteiger partial charge in [-0.2, -0.15) is 5.26 Å². The van der Waals surface area contributed by atoms with Gasteiger partial charge in [0.15, 0.2) is 5.76 Å². The number of nitrogens with zero attached hydrogens (tertiary/aromatic N) is 3. The van der Waals surface area contributed by atoms with Crippen molar-refractivity contribution in [2.24, 2.45) is 0 Å². The van der Waals surface area contributed by atoms with Crippen molar-refractivity contribution in [1.82, 2.24) is 4.90 Å². The van der Waals surface area contributed by atoms with Crippen LogP contribution in [0.4, 0.5) is 5.69 Å². The fraction of sp³-hybridized carbons (Fsp3) is 0.333. The van der Waals surface area contributed by atoms with Crippen molar-refractivity contribution in [3.05, 3.63) is 52.3 Å². The molecule has 0 radical (unpaired) electrons. The van der Waals surface area contributed by atoms with Crippen LogP contribution in [-0.2, 0) is 0 Å². The molecule has 26 heavy (non-hydrogen) atoms. The standard InChI is InChI=1S/C18H18N4O3S/c19-8-3-9-20-10-12-21(13-11-20)18(26)17-7-6-16(25-17)14-4-1-2-5-15(14)22(23)24/h1-2,4-7H,3,9-13H2/p+1. The highest BCUT2D eigenvalue weighted by molar-refractivity contribution is 7.80.